The van der Waals surface area contributed by atoms with Crippen molar-refractivity contribution in [2.24, 2.45) is 0 Å². The predicted octanol–water partition coefficient (Wildman–Crippen LogP) is 2.64. The highest BCUT2D eigenvalue weighted by atomic mass is 79.9. The smallest absolute Gasteiger partial charge is 0.321 e. The van der Waals surface area contributed by atoms with Crippen LogP contribution in [0.4, 0.5) is 5.82 Å². The highest BCUT2D eigenvalue weighted by Gasteiger charge is 2.23. The molecule has 3 aromatic rings. The van der Waals surface area contributed by atoms with Crippen molar-refractivity contribution in [1.29, 1.82) is 0 Å². The standard InChI is InChI=1S/C19H18Br2N6O6S/c1-11(18(28)29)26-34(30,31)27-16-15(12-2-4-13(20)5-3-12)17(25-10-24-16)32-6-7-33-19-22-8-14(21)9-23-19/h2-5,8-11,26H,6-7H2,1H3,(H,28,29)(H,24,25,27). The Labute approximate surface area is 211 Å². The van der Waals surface area contributed by atoms with E-state index in [2.05, 4.69) is 56.5 Å². The Kier molecular flexibility index (Phi) is 8.71. The normalized spacial score (nSPS) is 12.1. The number of hydrogen-bond acceptors (Lipinski definition) is 9. The molecule has 0 amide bonds. The molecule has 0 bridgehead atoms. The number of nitrogens with one attached hydrogen (secondary N) is 2. The third kappa shape index (κ3) is 7.31. The maximum absolute atomic E-state index is 12.5. The number of halogens is 2. The molecule has 1 unspecified atom stereocenters. The first-order chi connectivity index (χ1) is 16.1. The van der Waals surface area contributed by atoms with Gasteiger partial charge in [-0.1, -0.05) is 28.1 Å². The molecule has 0 saturated heterocycles. The van der Waals surface area contributed by atoms with Crippen molar-refractivity contribution in [3.8, 4) is 23.0 Å². The van der Waals surface area contributed by atoms with Crippen LogP contribution in [0.5, 0.6) is 11.9 Å². The van der Waals surface area contributed by atoms with Crippen molar-refractivity contribution in [2.45, 2.75) is 13.0 Å². The summed E-state index contributed by atoms with van der Waals surface area (Å²) in [6.07, 6.45) is 4.20. The molecular formula is C19H18Br2N6O6S. The summed E-state index contributed by atoms with van der Waals surface area (Å²) in [5.74, 6) is -1.35. The van der Waals surface area contributed by atoms with Crippen LogP contribution in [0.15, 0.2) is 51.9 Å². The molecule has 0 radical (unpaired) electrons. The largest absolute Gasteiger partial charge is 0.480 e. The van der Waals surface area contributed by atoms with Crippen LogP contribution in [0, 0.1) is 0 Å². The minimum absolute atomic E-state index is 0.0421. The monoisotopic (exact) mass is 616 g/mol. The van der Waals surface area contributed by atoms with Crippen LogP contribution < -0.4 is 18.9 Å². The lowest BCUT2D eigenvalue weighted by Gasteiger charge is -2.16. The molecule has 2 heterocycles. The van der Waals surface area contributed by atoms with Gasteiger partial charge in [0.2, 0.25) is 5.88 Å². The first kappa shape index (κ1) is 25.7. The summed E-state index contributed by atoms with van der Waals surface area (Å²) in [7, 11) is -4.28. The Balaban J connectivity index is 1.83. The van der Waals surface area contributed by atoms with Crippen LogP contribution in [0.1, 0.15) is 6.92 Å². The number of carboxylic acid groups (broad SMARTS) is 1. The number of anilines is 1. The highest BCUT2D eigenvalue weighted by Crippen LogP contribution is 2.35. The maximum Gasteiger partial charge on any atom is 0.321 e. The number of aliphatic carboxylic acids is 1. The second-order valence-electron chi connectivity index (χ2n) is 6.57. The number of carbonyl (C=O) groups is 1. The number of nitrogens with zero attached hydrogens (tertiary/aromatic N) is 4. The van der Waals surface area contributed by atoms with Gasteiger partial charge in [0.15, 0.2) is 5.82 Å². The van der Waals surface area contributed by atoms with Crippen molar-refractivity contribution >= 4 is 53.9 Å². The molecule has 0 aliphatic heterocycles. The topological polar surface area (TPSA) is 166 Å². The van der Waals surface area contributed by atoms with E-state index in [1.54, 1.807) is 24.3 Å². The molecule has 1 aromatic carbocycles. The van der Waals surface area contributed by atoms with Crippen LogP contribution in [0.2, 0.25) is 0 Å². The van der Waals surface area contributed by atoms with E-state index < -0.39 is 22.2 Å². The van der Waals surface area contributed by atoms with Gasteiger partial charge in [0.25, 0.3) is 0 Å². The van der Waals surface area contributed by atoms with Gasteiger partial charge in [0, 0.05) is 16.9 Å². The molecule has 0 saturated carbocycles. The van der Waals surface area contributed by atoms with Crippen LogP contribution in [-0.4, -0.2) is 58.7 Å². The van der Waals surface area contributed by atoms with E-state index in [0.29, 0.717) is 10.0 Å². The molecule has 0 spiro atoms. The van der Waals surface area contributed by atoms with Crippen molar-refractivity contribution in [2.75, 3.05) is 17.9 Å². The van der Waals surface area contributed by atoms with Gasteiger partial charge < -0.3 is 14.6 Å². The molecule has 3 rings (SSSR count). The number of rotatable bonds is 11. The van der Waals surface area contributed by atoms with Gasteiger partial charge >= 0.3 is 22.2 Å². The van der Waals surface area contributed by atoms with E-state index in [4.69, 9.17) is 14.6 Å². The lowest BCUT2D eigenvalue weighted by molar-refractivity contribution is -0.138. The molecule has 12 nitrogen and oxygen atoms in total. The van der Waals surface area contributed by atoms with Crippen molar-refractivity contribution < 1.29 is 27.8 Å². The minimum atomic E-state index is -4.28. The van der Waals surface area contributed by atoms with E-state index in [1.807, 2.05) is 4.72 Å². The average molecular weight is 618 g/mol. The summed E-state index contributed by atoms with van der Waals surface area (Å²) in [6.45, 7) is 1.32. The minimum Gasteiger partial charge on any atom is -0.480 e. The van der Waals surface area contributed by atoms with E-state index >= 15 is 0 Å². The molecule has 3 N–H and O–H groups in total. The Morgan fingerprint density at radius 1 is 1.03 bits per heavy atom. The fraction of sp³-hybridized carbons (Fsp3) is 0.211. The number of benzene rings is 1. The van der Waals surface area contributed by atoms with E-state index in [-0.39, 0.29) is 36.5 Å². The first-order valence-corrected chi connectivity index (χ1v) is 12.6. The lowest BCUT2D eigenvalue weighted by Crippen LogP contribution is -2.41. The molecule has 15 heteroatoms. The number of carboxylic acids is 1. The zero-order valence-corrected chi connectivity index (χ0v) is 21.5. The quantitative estimate of drug-likeness (QED) is 0.272. The summed E-state index contributed by atoms with van der Waals surface area (Å²) < 4.78 is 41.9. The second kappa shape index (κ2) is 11.5. The molecule has 34 heavy (non-hydrogen) atoms. The third-order valence-corrected chi connectivity index (χ3v) is 6.09. The van der Waals surface area contributed by atoms with E-state index in [9.17, 15) is 13.2 Å². The Bertz CT molecular complexity index is 1250. The molecule has 0 aliphatic rings. The molecule has 1 atom stereocenters. The maximum atomic E-state index is 12.5. The number of ether oxygens (including phenoxy) is 2. The molecule has 0 fully saturated rings. The van der Waals surface area contributed by atoms with Crippen molar-refractivity contribution in [3.63, 3.8) is 0 Å². The van der Waals surface area contributed by atoms with Gasteiger partial charge in [-0.05, 0) is 40.5 Å². The van der Waals surface area contributed by atoms with Crippen LogP contribution in [0.3, 0.4) is 0 Å². The van der Waals surface area contributed by atoms with Gasteiger partial charge in [-0.2, -0.15) is 13.1 Å². The Morgan fingerprint density at radius 3 is 2.32 bits per heavy atom. The van der Waals surface area contributed by atoms with Gasteiger partial charge in [-0.15, -0.1) is 0 Å². The highest BCUT2D eigenvalue weighted by molar-refractivity contribution is 9.10. The fourth-order valence-corrected chi connectivity index (χ4v) is 4.02. The zero-order valence-electron chi connectivity index (χ0n) is 17.5. The summed E-state index contributed by atoms with van der Waals surface area (Å²) >= 11 is 6.59. The van der Waals surface area contributed by atoms with Crippen molar-refractivity contribution in [3.05, 3.63) is 51.9 Å². The molecule has 0 aliphatic carbocycles. The molecule has 180 valence electrons. The van der Waals surface area contributed by atoms with Gasteiger partial charge in [-0.3, -0.25) is 9.52 Å². The first-order valence-electron chi connectivity index (χ1n) is 9.51. The van der Waals surface area contributed by atoms with Crippen LogP contribution in [0.25, 0.3) is 11.1 Å². The third-order valence-electron chi connectivity index (χ3n) is 4.03. The Morgan fingerprint density at radius 2 is 1.68 bits per heavy atom. The van der Waals surface area contributed by atoms with Gasteiger partial charge in [0.1, 0.15) is 25.6 Å². The van der Waals surface area contributed by atoms with Gasteiger partial charge in [-0.25, -0.2) is 19.9 Å². The van der Waals surface area contributed by atoms with Crippen molar-refractivity contribution in [1.82, 2.24) is 24.7 Å². The summed E-state index contributed by atoms with van der Waals surface area (Å²) in [5, 5.41) is 9.00. The summed E-state index contributed by atoms with van der Waals surface area (Å²) in [6, 6.07) is 5.74. The van der Waals surface area contributed by atoms with E-state index in [0.717, 1.165) is 10.8 Å². The average Bonchev–Trinajstić information content (AvgIpc) is 2.78. The molecular weight excluding hydrogens is 600 g/mol. The molecule has 2 aromatic heterocycles. The number of hydrogen-bond donors (Lipinski definition) is 3. The fourth-order valence-electron chi connectivity index (χ4n) is 2.52. The lowest BCUT2D eigenvalue weighted by atomic mass is 10.1. The van der Waals surface area contributed by atoms with Crippen LogP contribution >= 0.6 is 31.9 Å². The summed E-state index contributed by atoms with van der Waals surface area (Å²) in [4.78, 5) is 27.2. The SMILES string of the molecule is CC(NS(=O)(=O)Nc1ncnc(OCCOc2ncc(Br)cn2)c1-c1ccc(Br)cc1)C(=O)O. The Hall–Kier alpha value is -2.88. The van der Waals surface area contributed by atoms with E-state index in [1.165, 1.54) is 19.3 Å². The number of aromatic nitrogens is 4. The van der Waals surface area contributed by atoms with Gasteiger partial charge in [0.05, 0.1) is 10.0 Å². The predicted molar refractivity (Wildman–Crippen MR) is 129 cm³/mol. The zero-order chi connectivity index (χ0) is 24.7. The second-order valence-corrected chi connectivity index (χ2v) is 9.85. The van der Waals surface area contributed by atoms with Crippen LogP contribution in [-0.2, 0) is 15.0 Å². The summed E-state index contributed by atoms with van der Waals surface area (Å²) in [5.41, 5.74) is 0.809.